The molecule has 0 unspecified atom stereocenters. The van der Waals surface area contributed by atoms with Gasteiger partial charge in [0.1, 0.15) is 5.01 Å². The Morgan fingerprint density at radius 3 is 2.39 bits per heavy atom. The molecule has 0 bridgehead atoms. The molecule has 0 aliphatic carbocycles. The molecule has 2 N–H and O–H groups in total. The second kappa shape index (κ2) is 7.62. The summed E-state index contributed by atoms with van der Waals surface area (Å²) in [7, 11) is 0. The molecule has 0 spiro atoms. The van der Waals surface area contributed by atoms with Crippen molar-refractivity contribution in [3.8, 4) is 10.6 Å². The number of fused-ring (bicyclic) bond motifs is 1. The van der Waals surface area contributed by atoms with Crippen molar-refractivity contribution >= 4 is 44.7 Å². The van der Waals surface area contributed by atoms with Crippen LogP contribution >= 0.6 is 11.3 Å². The second-order valence-electron chi connectivity index (χ2n) is 6.28. The fourth-order valence-corrected chi connectivity index (χ4v) is 3.83. The SMILES string of the molecule is CC(=O)Nc1cccc(C(=O)Nc2cccc(-c3nc4ccccc4s3)c2)c1. The minimum absolute atomic E-state index is 0.180. The molecule has 0 saturated carbocycles. The van der Waals surface area contributed by atoms with Crippen molar-refractivity contribution in [1.82, 2.24) is 4.98 Å². The van der Waals surface area contributed by atoms with Crippen LogP contribution in [-0.2, 0) is 4.79 Å². The Balaban J connectivity index is 1.56. The lowest BCUT2D eigenvalue weighted by atomic mass is 10.1. The molecule has 28 heavy (non-hydrogen) atoms. The van der Waals surface area contributed by atoms with Crippen molar-refractivity contribution < 1.29 is 9.59 Å². The van der Waals surface area contributed by atoms with Crippen LogP contribution < -0.4 is 10.6 Å². The summed E-state index contributed by atoms with van der Waals surface area (Å²) in [5.41, 5.74) is 3.66. The topological polar surface area (TPSA) is 71.1 Å². The predicted octanol–water partition coefficient (Wildman–Crippen LogP) is 5.17. The lowest BCUT2D eigenvalue weighted by Crippen LogP contribution is -2.13. The molecule has 6 heteroatoms. The Kier molecular flexibility index (Phi) is 4.87. The zero-order chi connectivity index (χ0) is 19.5. The van der Waals surface area contributed by atoms with Crippen molar-refractivity contribution in [1.29, 1.82) is 0 Å². The number of hydrogen-bond acceptors (Lipinski definition) is 4. The van der Waals surface area contributed by atoms with Crippen LogP contribution in [0.1, 0.15) is 17.3 Å². The number of nitrogens with zero attached hydrogens (tertiary/aromatic N) is 1. The van der Waals surface area contributed by atoms with Gasteiger partial charge >= 0.3 is 0 Å². The summed E-state index contributed by atoms with van der Waals surface area (Å²) < 4.78 is 1.13. The third-order valence-corrected chi connectivity index (χ3v) is 5.19. The number of carbonyl (C=O) groups excluding carboxylic acids is 2. The number of amides is 2. The lowest BCUT2D eigenvalue weighted by molar-refractivity contribution is -0.114. The smallest absolute Gasteiger partial charge is 0.255 e. The third kappa shape index (κ3) is 3.92. The van der Waals surface area contributed by atoms with Gasteiger partial charge in [0.05, 0.1) is 10.2 Å². The number of hydrogen-bond donors (Lipinski definition) is 2. The zero-order valence-electron chi connectivity index (χ0n) is 15.1. The van der Waals surface area contributed by atoms with Crippen LogP contribution in [0.25, 0.3) is 20.8 Å². The number of anilines is 2. The van der Waals surface area contributed by atoms with Crippen LogP contribution in [0.2, 0.25) is 0 Å². The van der Waals surface area contributed by atoms with Gasteiger partial charge in [-0.25, -0.2) is 4.98 Å². The Morgan fingerprint density at radius 1 is 0.857 bits per heavy atom. The van der Waals surface area contributed by atoms with E-state index < -0.39 is 0 Å². The van der Waals surface area contributed by atoms with Crippen molar-refractivity contribution in [3.63, 3.8) is 0 Å². The molecular formula is C22H17N3O2S. The highest BCUT2D eigenvalue weighted by molar-refractivity contribution is 7.21. The molecule has 2 amide bonds. The quantitative estimate of drug-likeness (QED) is 0.507. The van der Waals surface area contributed by atoms with E-state index >= 15 is 0 Å². The van der Waals surface area contributed by atoms with E-state index in [1.807, 2.05) is 48.5 Å². The van der Waals surface area contributed by atoms with Gasteiger partial charge in [0.25, 0.3) is 5.91 Å². The van der Waals surface area contributed by atoms with Gasteiger partial charge in [-0.3, -0.25) is 9.59 Å². The lowest BCUT2D eigenvalue weighted by Gasteiger charge is -2.08. The standard InChI is InChI=1S/C22H17N3O2S/c1-14(26)23-17-8-4-6-15(12-17)21(27)24-18-9-5-7-16(13-18)22-25-19-10-2-3-11-20(19)28-22/h2-13H,1H3,(H,23,26)(H,24,27). The molecule has 4 aromatic rings. The molecule has 1 heterocycles. The molecule has 0 atom stereocenters. The average molecular weight is 387 g/mol. The number of aromatic nitrogens is 1. The number of rotatable bonds is 4. The number of carbonyl (C=O) groups is 2. The van der Waals surface area contributed by atoms with Gasteiger partial charge in [-0.15, -0.1) is 11.3 Å². The zero-order valence-corrected chi connectivity index (χ0v) is 15.9. The second-order valence-corrected chi connectivity index (χ2v) is 7.31. The van der Waals surface area contributed by atoms with Crippen LogP contribution in [0.5, 0.6) is 0 Å². The summed E-state index contributed by atoms with van der Waals surface area (Å²) in [6.45, 7) is 1.43. The van der Waals surface area contributed by atoms with Crippen LogP contribution in [0, 0.1) is 0 Å². The van der Waals surface area contributed by atoms with Crippen LogP contribution in [0.3, 0.4) is 0 Å². The van der Waals surface area contributed by atoms with Gasteiger partial charge in [-0.2, -0.15) is 0 Å². The largest absolute Gasteiger partial charge is 0.326 e. The van der Waals surface area contributed by atoms with E-state index in [0.29, 0.717) is 16.9 Å². The molecule has 0 saturated heterocycles. The molecule has 0 aliphatic heterocycles. The van der Waals surface area contributed by atoms with Gasteiger partial charge < -0.3 is 10.6 Å². The summed E-state index contributed by atoms with van der Waals surface area (Å²) in [6, 6.07) is 22.5. The van der Waals surface area contributed by atoms with Gasteiger partial charge in [-0.1, -0.05) is 30.3 Å². The fourth-order valence-electron chi connectivity index (χ4n) is 2.87. The van der Waals surface area contributed by atoms with Crippen molar-refractivity contribution in [2.24, 2.45) is 0 Å². The molecule has 138 valence electrons. The summed E-state index contributed by atoms with van der Waals surface area (Å²) in [5.74, 6) is -0.422. The highest BCUT2D eigenvalue weighted by Gasteiger charge is 2.10. The Labute approximate surface area is 166 Å². The maximum absolute atomic E-state index is 12.6. The van der Waals surface area contributed by atoms with E-state index in [9.17, 15) is 9.59 Å². The summed E-state index contributed by atoms with van der Waals surface area (Å²) in [4.78, 5) is 28.5. The van der Waals surface area contributed by atoms with Gasteiger partial charge in [0.2, 0.25) is 5.91 Å². The molecular weight excluding hydrogens is 370 g/mol. The normalized spacial score (nSPS) is 10.6. The maximum atomic E-state index is 12.6. The predicted molar refractivity (Wildman–Crippen MR) is 114 cm³/mol. The number of para-hydroxylation sites is 1. The van der Waals surface area contributed by atoms with Crippen LogP contribution in [0.15, 0.2) is 72.8 Å². The molecule has 1 aromatic heterocycles. The van der Waals surface area contributed by atoms with E-state index in [1.165, 1.54) is 6.92 Å². The minimum Gasteiger partial charge on any atom is -0.326 e. The van der Waals surface area contributed by atoms with E-state index in [4.69, 9.17) is 0 Å². The summed E-state index contributed by atoms with van der Waals surface area (Å²) in [6.07, 6.45) is 0. The van der Waals surface area contributed by atoms with E-state index in [0.717, 1.165) is 20.8 Å². The highest BCUT2D eigenvalue weighted by Crippen LogP contribution is 2.31. The van der Waals surface area contributed by atoms with Gasteiger partial charge in [0, 0.05) is 29.4 Å². The number of nitrogens with one attached hydrogen (secondary N) is 2. The molecule has 5 nitrogen and oxygen atoms in total. The molecule has 0 radical (unpaired) electrons. The van der Waals surface area contributed by atoms with Crippen LogP contribution in [0.4, 0.5) is 11.4 Å². The Hall–Kier alpha value is -3.51. The Bertz CT molecular complexity index is 1150. The summed E-state index contributed by atoms with van der Waals surface area (Å²) in [5, 5.41) is 6.50. The molecule has 0 fully saturated rings. The highest BCUT2D eigenvalue weighted by atomic mass is 32.1. The maximum Gasteiger partial charge on any atom is 0.255 e. The van der Waals surface area contributed by atoms with Gasteiger partial charge in [-0.05, 0) is 42.5 Å². The first-order chi connectivity index (χ1) is 13.6. The molecule has 4 rings (SSSR count). The first-order valence-corrected chi connectivity index (χ1v) is 9.55. The van der Waals surface area contributed by atoms with E-state index in [-0.39, 0.29) is 11.8 Å². The van der Waals surface area contributed by atoms with E-state index in [2.05, 4.69) is 15.6 Å². The molecule has 3 aromatic carbocycles. The average Bonchev–Trinajstić information content (AvgIpc) is 3.12. The van der Waals surface area contributed by atoms with Crippen molar-refractivity contribution in [2.75, 3.05) is 10.6 Å². The van der Waals surface area contributed by atoms with Crippen LogP contribution in [-0.4, -0.2) is 16.8 Å². The van der Waals surface area contributed by atoms with Gasteiger partial charge in [0.15, 0.2) is 0 Å². The van der Waals surface area contributed by atoms with Crippen molar-refractivity contribution in [2.45, 2.75) is 6.92 Å². The first-order valence-electron chi connectivity index (χ1n) is 8.73. The first kappa shape index (κ1) is 17.9. The van der Waals surface area contributed by atoms with Crippen molar-refractivity contribution in [3.05, 3.63) is 78.4 Å². The third-order valence-electron chi connectivity index (χ3n) is 4.11. The number of thiazole rings is 1. The Morgan fingerprint density at radius 2 is 1.61 bits per heavy atom. The number of benzene rings is 3. The van der Waals surface area contributed by atoms with E-state index in [1.54, 1.807) is 35.6 Å². The summed E-state index contributed by atoms with van der Waals surface area (Å²) >= 11 is 1.62. The minimum atomic E-state index is -0.242. The fraction of sp³-hybridized carbons (Fsp3) is 0.0455. The molecule has 0 aliphatic rings. The monoisotopic (exact) mass is 387 g/mol.